The van der Waals surface area contributed by atoms with E-state index in [4.69, 9.17) is 11.6 Å². The molecular weight excluding hydrogens is 400 g/mol. The summed E-state index contributed by atoms with van der Waals surface area (Å²) in [5, 5.41) is 6.33. The van der Waals surface area contributed by atoms with Crippen LogP contribution in [-0.4, -0.2) is 17.8 Å². The Bertz CT molecular complexity index is 990. The van der Waals surface area contributed by atoms with E-state index in [0.717, 1.165) is 11.3 Å². The van der Waals surface area contributed by atoms with E-state index in [-0.39, 0.29) is 0 Å². The molecule has 0 radical (unpaired) electrons. The number of thiophene rings is 1. The van der Waals surface area contributed by atoms with Gasteiger partial charge in [-0.2, -0.15) is 0 Å². The van der Waals surface area contributed by atoms with Gasteiger partial charge < -0.3 is 5.32 Å². The zero-order valence-electron chi connectivity index (χ0n) is 14.4. The van der Waals surface area contributed by atoms with Crippen LogP contribution in [-0.2, 0) is 0 Å². The van der Waals surface area contributed by atoms with Crippen molar-refractivity contribution in [2.45, 2.75) is 0 Å². The third-order valence-corrected chi connectivity index (χ3v) is 4.75. The molecule has 0 saturated carbocycles. The van der Waals surface area contributed by atoms with Crippen molar-refractivity contribution < 1.29 is 14.4 Å². The Morgan fingerprint density at radius 2 is 1.43 bits per heavy atom. The van der Waals surface area contributed by atoms with Gasteiger partial charge in [0, 0.05) is 16.3 Å². The molecule has 1 heterocycles. The van der Waals surface area contributed by atoms with Gasteiger partial charge in [-0.25, -0.2) is 4.79 Å². The first-order valence-corrected chi connectivity index (χ1v) is 9.30. The van der Waals surface area contributed by atoms with Crippen LogP contribution < -0.4 is 21.5 Å². The molecule has 2 aromatic carbocycles. The Morgan fingerprint density at radius 1 is 0.750 bits per heavy atom. The highest BCUT2D eigenvalue weighted by molar-refractivity contribution is 7.18. The number of hydrogen-bond donors (Lipinski definition) is 4. The molecule has 1 aromatic heterocycles. The Labute approximate surface area is 169 Å². The zero-order chi connectivity index (χ0) is 19.9. The van der Waals surface area contributed by atoms with Crippen LogP contribution in [0.15, 0.2) is 66.7 Å². The summed E-state index contributed by atoms with van der Waals surface area (Å²) in [7, 11) is 0. The maximum atomic E-state index is 12.2. The van der Waals surface area contributed by atoms with Crippen LogP contribution in [0, 0.1) is 0 Å². The lowest BCUT2D eigenvalue weighted by Crippen LogP contribution is -2.41. The van der Waals surface area contributed by atoms with Gasteiger partial charge in [-0.15, -0.1) is 11.3 Å². The van der Waals surface area contributed by atoms with Gasteiger partial charge in [-0.3, -0.25) is 25.8 Å². The first-order valence-electron chi connectivity index (χ1n) is 8.10. The average molecular weight is 415 g/mol. The molecule has 0 atom stereocenters. The summed E-state index contributed by atoms with van der Waals surface area (Å²) in [4.78, 5) is 36.4. The highest BCUT2D eigenvalue weighted by atomic mass is 35.5. The second-order valence-electron chi connectivity index (χ2n) is 5.52. The maximum absolute atomic E-state index is 12.2. The van der Waals surface area contributed by atoms with Crippen LogP contribution in [0.3, 0.4) is 0 Å². The van der Waals surface area contributed by atoms with Gasteiger partial charge in [0.05, 0.1) is 9.88 Å². The first-order chi connectivity index (χ1) is 13.5. The normalized spacial score (nSPS) is 10.0. The molecular formula is C19H15ClN4O3S. The number of rotatable bonds is 4. The Morgan fingerprint density at radius 3 is 2.14 bits per heavy atom. The van der Waals surface area contributed by atoms with Crippen molar-refractivity contribution in [2.24, 2.45) is 0 Å². The fraction of sp³-hybridized carbons (Fsp3) is 0. The number of para-hydroxylation sites is 1. The second-order valence-corrected chi connectivity index (χ2v) is 7.04. The third kappa shape index (κ3) is 5.32. The lowest BCUT2D eigenvalue weighted by Gasteiger charge is -2.06. The predicted octanol–water partition coefficient (Wildman–Crippen LogP) is 4.12. The topological polar surface area (TPSA) is 99.3 Å². The maximum Gasteiger partial charge on any atom is 0.324 e. The fourth-order valence-electron chi connectivity index (χ4n) is 2.17. The van der Waals surface area contributed by atoms with E-state index >= 15 is 0 Å². The molecule has 7 nitrogen and oxygen atoms in total. The average Bonchev–Trinajstić information content (AvgIpc) is 3.15. The van der Waals surface area contributed by atoms with Gasteiger partial charge >= 0.3 is 6.03 Å². The molecule has 0 fully saturated rings. The monoisotopic (exact) mass is 414 g/mol. The van der Waals surface area contributed by atoms with Crippen LogP contribution in [0.5, 0.6) is 0 Å². The lowest BCUT2D eigenvalue weighted by atomic mass is 10.2. The molecule has 0 aliphatic rings. The van der Waals surface area contributed by atoms with Crippen molar-refractivity contribution in [2.75, 3.05) is 10.6 Å². The van der Waals surface area contributed by atoms with Crippen LogP contribution in [0.4, 0.5) is 15.5 Å². The third-order valence-electron chi connectivity index (χ3n) is 3.49. The molecule has 0 unspecified atom stereocenters. The van der Waals surface area contributed by atoms with E-state index < -0.39 is 17.8 Å². The Kier molecular flexibility index (Phi) is 6.25. The van der Waals surface area contributed by atoms with E-state index in [0.29, 0.717) is 26.2 Å². The van der Waals surface area contributed by atoms with Gasteiger partial charge in [0.25, 0.3) is 11.8 Å². The molecule has 4 amide bonds. The van der Waals surface area contributed by atoms with Crippen molar-refractivity contribution >= 4 is 51.5 Å². The number of halogens is 1. The largest absolute Gasteiger partial charge is 0.324 e. The number of nitrogens with one attached hydrogen (secondary N) is 4. The van der Waals surface area contributed by atoms with E-state index in [1.807, 2.05) is 18.2 Å². The van der Waals surface area contributed by atoms with Crippen molar-refractivity contribution in [1.29, 1.82) is 0 Å². The lowest BCUT2D eigenvalue weighted by molar-refractivity contribution is 0.0849. The van der Waals surface area contributed by atoms with Crippen LogP contribution in [0.2, 0.25) is 5.02 Å². The molecule has 0 spiro atoms. The predicted molar refractivity (Wildman–Crippen MR) is 110 cm³/mol. The molecule has 3 rings (SSSR count). The standard InChI is InChI=1S/C19H15ClN4O3S/c20-13-8-6-12(7-9-13)17(25)23-24-18(26)15-10-11-16(28-15)22-19(27)21-14-4-2-1-3-5-14/h1-11H,(H,23,25)(H,24,26)(H2,21,22,27). The summed E-state index contributed by atoms with van der Waals surface area (Å²) in [6.07, 6.45) is 0. The number of anilines is 2. The van der Waals surface area contributed by atoms with Crippen molar-refractivity contribution in [3.63, 3.8) is 0 Å². The smallest absolute Gasteiger partial charge is 0.308 e. The van der Waals surface area contributed by atoms with E-state index in [1.54, 1.807) is 48.5 Å². The molecule has 0 aliphatic heterocycles. The number of benzene rings is 2. The number of hydrogen-bond acceptors (Lipinski definition) is 4. The summed E-state index contributed by atoms with van der Waals surface area (Å²) in [5.74, 6) is -0.967. The van der Waals surface area contributed by atoms with E-state index in [1.165, 1.54) is 0 Å². The summed E-state index contributed by atoms with van der Waals surface area (Å²) in [5.41, 5.74) is 5.66. The molecule has 4 N–H and O–H groups in total. The van der Waals surface area contributed by atoms with Gasteiger partial charge in [0.2, 0.25) is 0 Å². The summed E-state index contributed by atoms with van der Waals surface area (Å²) >= 11 is 6.85. The van der Waals surface area contributed by atoms with Crippen LogP contribution in [0.25, 0.3) is 0 Å². The van der Waals surface area contributed by atoms with Crippen LogP contribution >= 0.6 is 22.9 Å². The van der Waals surface area contributed by atoms with Crippen molar-refractivity contribution in [3.05, 3.63) is 82.2 Å². The summed E-state index contributed by atoms with van der Waals surface area (Å²) < 4.78 is 0. The zero-order valence-corrected chi connectivity index (χ0v) is 15.9. The van der Waals surface area contributed by atoms with E-state index in [2.05, 4.69) is 21.5 Å². The number of amides is 4. The van der Waals surface area contributed by atoms with Crippen molar-refractivity contribution in [3.8, 4) is 0 Å². The SMILES string of the molecule is O=C(Nc1ccccc1)Nc1ccc(C(=O)NNC(=O)c2ccc(Cl)cc2)s1. The quantitative estimate of drug-likeness (QED) is 0.483. The molecule has 0 saturated heterocycles. The number of hydrazine groups is 1. The minimum atomic E-state index is -0.496. The molecule has 9 heteroatoms. The van der Waals surface area contributed by atoms with Gasteiger partial charge in [-0.1, -0.05) is 29.8 Å². The van der Waals surface area contributed by atoms with Gasteiger partial charge in [0.1, 0.15) is 0 Å². The summed E-state index contributed by atoms with van der Waals surface area (Å²) in [6.45, 7) is 0. The Balaban J connectivity index is 1.51. The van der Waals surface area contributed by atoms with Gasteiger partial charge in [-0.05, 0) is 48.5 Å². The first kappa shape index (κ1) is 19.4. The minimum Gasteiger partial charge on any atom is -0.308 e. The molecule has 0 bridgehead atoms. The van der Waals surface area contributed by atoms with Crippen molar-refractivity contribution in [1.82, 2.24) is 10.9 Å². The Hall–Kier alpha value is -3.36. The second kappa shape index (κ2) is 9.03. The fourth-order valence-corrected chi connectivity index (χ4v) is 3.09. The number of urea groups is 1. The van der Waals surface area contributed by atoms with Crippen LogP contribution in [0.1, 0.15) is 20.0 Å². The molecule has 0 aliphatic carbocycles. The minimum absolute atomic E-state index is 0.325. The van der Waals surface area contributed by atoms with E-state index in [9.17, 15) is 14.4 Å². The summed E-state index contributed by atoms with van der Waals surface area (Å²) in [6, 6.07) is 18.0. The van der Waals surface area contributed by atoms with Gasteiger partial charge in [0.15, 0.2) is 0 Å². The molecule has 28 heavy (non-hydrogen) atoms. The molecule has 3 aromatic rings. The number of carbonyl (C=O) groups excluding carboxylic acids is 3. The highest BCUT2D eigenvalue weighted by Gasteiger charge is 2.13. The number of carbonyl (C=O) groups is 3. The molecule has 142 valence electrons. The highest BCUT2D eigenvalue weighted by Crippen LogP contribution is 2.22.